The van der Waals surface area contributed by atoms with Crippen LogP contribution >= 0.6 is 0 Å². The molecule has 18 heavy (non-hydrogen) atoms. The quantitative estimate of drug-likeness (QED) is 0.770. The van der Waals surface area contributed by atoms with Crippen LogP contribution in [0.1, 0.15) is 32.6 Å². The summed E-state index contributed by atoms with van der Waals surface area (Å²) in [5.41, 5.74) is 6.98. The zero-order valence-electron chi connectivity index (χ0n) is 11.0. The molecule has 0 radical (unpaired) electrons. The molecule has 2 N–H and O–H groups in total. The van der Waals surface area contributed by atoms with E-state index in [0.29, 0.717) is 26.2 Å². The third kappa shape index (κ3) is 2.77. The fraction of sp³-hybridized carbons (Fsp3) is 0.833. The van der Waals surface area contributed by atoms with Gasteiger partial charge in [-0.05, 0) is 26.2 Å². The van der Waals surface area contributed by atoms with Crippen molar-refractivity contribution in [2.24, 2.45) is 5.73 Å². The predicted octanol–water partition coefficient (Wildman–Crippen LogP) is 0.696. The van der Waals surface area contributed by atoms with Crippen molar-refractivity contribution in [3.05, 3.63) is 11.6 Å². The first-order chi connectivity index (χ1) is 8.55. The first-order valence-corrected chi connectivity index (χ1v) is 8.08. The largest absolute Gasteiger partial charge is 0.329 e. The van der Waals surface area contributed by atoms with Crippen molar-refractivity contribution in [3.8, 4) is 0 Å². The molecule has 1 saturated heterocycles. The zero-order valence-corrected chi connectivity index (χ0v) is 11.8. The molecule has 1 atom stereocenters. The van der Waals surface area contributed by atoms with Gasteiger partial charge in [-0.2, -0.15) is 17.0 Å². The third-order valence-corrected chi connectivity index (χ3v) is 5.92. The van der Waals surface area contributed by atoms with Gasteiger partial charge in [0, 0.05) is 32.2 Å². The first kappa shape index (κ1) is 14.0. The molecule has 5 nitrogen and oxygen atoms in total. The standard InChI is InChI=1S/C12H23N3O2S/c1-11-5-8-14(9-6-11)18(16,17)15-7-3-2-4-12(15)10-13/h5,12H,2-4,6-10,13H2,1H3. The molecule has 6 heteroatoms. The van der Waals surface area contributed by atoms with Gasteiger partial charge in [-0.15, -0.1) is 0 Å². The van der Waals surface area contributed by atoms with Crippen LogP contribution < -0.4 is 5.73 Å². The summed E-state index contributed by atoms with van der Waals surface area (Å²) in [5, 5.41) is 0. The van der Waals surface area contributed by atoms with Crippen molar-refractivity contribution >= 4 is 10.2 Å². The van der Waals surface area contributed by atoms with Crippen LogP contribution in [0.4, 0.5) is 0 Å². The highest BCUT2D eigenvalue weighted by molar-refractivity contribution is 7.86. The molecule has 2 heterocycles. The molecule has 0 aromatic heterocycles. The number of nitrogens with zero attached hydrogens (tertiary/aromatic N) is 2. The molecule has 1 fully saturated rings. The van der Waals surface area contributed by atoms with E-state index in [-0.39, 0.29) is 6.04 Å². The average Bonchev–Trinajstić information content (AvgIpc) is 2.39. The molecule has 0 saturated carbocycles. The maximum Gasteiger partial charge on any atom is 0.282 e. The van der Waals surface area contributed by atoms with E-state index >= 15 is 0 Å². The molecule has 1 unspecified atom stereocenters. The number of rotatable bonds is 3. The number of nitrogens with two attached hydrogens (primary N) is 1. The molecule has 0 aromatic carbocycles. The molecule has 2 aliphatic heterocycles. The molecule has 0 amide bonds. The summed E-state index contributed by atoms with van der Waals surface area (Å²) in [5.74, 6) is 0. The number of hydrogen-bond acceptors (Lipinski definition) is 3. The lowest BCUT2D eigenvalue weighted by Crippen LogP contribution is -2.53. The maximum absolute atomic E-state index is 12.6. The summed E-state index contributed by atoms with van der Waals surface area (Å²) in [6.45, 7) is 4.18. The Balaban J connectivity index is 2.14. The van der Waals surface area contributed by atoms with Gasteiger partial charge in [-0.1, -0.05) is 18.1 Å². The summed E-state index contributed by atoms with van der Waals surface area (Å²) in [4.78, 5) is 0. The summed E-state index contributed by atoms with van der Waals surface area (Å²) in [7, 11) is -3.33. The van der Waals surface area contributed by atoms with Gasteiger partial charge >= 0.3 is 0 Å². The Morgan fingerprint density at radius 3 is 2.78 bits per heavy atom. The van der Waals surface area contributed by atoms with Gasteiger partial charge in [0.15, 0.2) is 0 Å². The van der Waals surface area contributed by atoms with Gasteiger partial charge in [-0.3, -0.25) is 0 Å². The highest BCUT2D eigenvalue weighted by Gasteiger charge is 2.35. The normalized spacial score (nSPS) is 28.1. The van der Waals surface area contributed by atoms with Gasteiger partial charge in [0.1, 0.15) is 0 Å². The van der Waals surface area contributed by atoms with Crippen LogP contribution in [0.2, 0.25) is 0 Å². The minimum absolute atomic E-state index is 0.0178. The van der Waals surface area contributed by atoms with E-state index in [9.17, 15) is 8.42 Å². The van der Waals surface area contributed by atoms with Crippen molar-refractivity contribution in [1.29, 1.82) is 0 Å². The summed E-state index contributed by atoms with van der Waals surface area (Å²) < 4.78 is 28.4. The minimum atomic E-state index is -3.33. The Kier molecular flexibility index (Phi) is 4.42. The van der Waals surface area contributed by atoms with Crippen LogP contribution in [0, 0.1) is 0 Å². The summed E-state index contributed by atoms with van der Waals surface area (Å²) >= 11 is 0. The van der Waals surface area contributed by atoms with Gasteiger partial charge in [-0.25, -0.2) is 0 Å². The van der Waals surface area contributed by atoms with Crippen LogP contribution in [0.25, 0.3) is 0 Å². The zero-order chi connectivity index (χ0) is 13.2. The van der Waals surface area contributed by atoms with E-state index in [1.54, 1.807) is 8.61 Å². The van der Waals surface area contributed by atoms with Gasteiger partial charge in [0.25, 0.3) is 10.2 Å². The summed E-state index contributed by atoms with van der Waals surface area (Å²) in [6.07, 6.45) is 5.74. The molecule has 2 aliphatic rings. The van der Waals surface area contributed by atoms with E-state index in [1.807, 2.05) is 13.0 Å². The minimum Gasteiger partial charge on any atom is -0.329 e. The maximum atomic E-state index is 12.6. The highest BCUT2D eigenvalue weighted by atomic mass is 32.2. The van der Waals surface area contributed by atoms with Gasteiger partial charge in [0.2, 0.25) is 0 Å². The van der Waals surface area contributed by atoms with E-state index < -0.39 is 10.2 Å². The molecule has 0 aromatic rings. The fourth-order valence-electron chi connectivity index (χ4n) is 2.62. The van der Waals surface area contributed by atoms with Crippen LogP contribution in [-0.4, -0.2) is 49.2 Å². The molecular formula is C12H23N3O2S. The second-order valence-electron chi connectivity index (χ2n) is 5.16. The summed E-state index contributed by atoms with van der Waals surface area (Å²) in [6, 6.07) is -0.0178. The van der Waals surface area contributed by atoms with Crippen molar-refractivity contribution in [1.82, 2.24) is 8.61 Å². The fourth-order valence-corrected chi connectivity index (χ4v) is 4.43. The molecule has 0 bridgehead atoms. The lowest BCUT2D eigenvalue weighted by Gasteiger charge is -2.38. The van der Waals surface area contributed by atoms with Crippen LogP contribution in [-0.2, 0) is 10.2 Å². The lowest BCUT2D eigenvalue weighted by molar-refractivity contribution is 0.237. The van der Waals surface area contributed by atoms with Crippen molar-refractivity contribution in [2.75, 3.05) is 26.2 Å². The van der Waals surface area contributed by atoms with Gasteiger partial charge in [0.05, 0.1) is 0 Å². The molecule has 0 spiro atoms. The van der Waals surface area contributed by atoms with Crippen LogP contribution in [0.5, 0.6) is 0 Å². The predicted molar refractivity (Wildman–Crippen MR) is 72.3 cm³/mol. The van der Waals surface area contributed by atoms with E-state index in [2.05, 4.69) is 0 Å². The highest BCUT2D eigenvalue weighted by Crippen LogP contribution is 2.24. The lowest BCUT2D eigenvalue weighted by atomic mass is 10.1. The van der Waals surface area contributed by atoms with Crippen LogP contribution in [0.15, 0.2) is 11.6 Å². The van der Waals surface area contributed by atoms with E-state index in [0.717, 1.165) is 25.7 Å². The Bertz CT molecular complexity index is 419. The molecule has 0 aliphatic carbocycles. The molecule has 104 valence electrons. The van der Waals surface area contributed by atoms with Gasteiger partial charge < -0.3 is 5.73 Å². The third-order valence-electron chi connectivity index (χ3n) is 3.87. The second kappa shape index (κ2) is 5.69. The number of piperidine rings is 1. The van der Waals surface area contributed by atoms with Crippen LogP contribution in [0.3, 0.4) is 0 Å². The Morgan fingerprint density at radius 1 is 1.39 bits per heavy atom. The monoisotopic (exact) mass is 273 g/mol. The Morgan fingerprint density at radius 2 is 2.17 bits per heavy atom. The topological polar surface area (TPSA) is 66.6 Å². The van der Waals surface area contributed by atoms with E-state index in [4.69, 9.17) is 5.73 Å². The first-order valence-electron chi connectivity index (χ1n) is 6.68. The Hall–Kier alpha value is -0.430. The molecule has 2 rings (SSSR count). The van der Waals surface area contributed by atoms with Crippen molar-refractivity contribution in [2.45, 2.75) is 38.6 Å². The Labute approximate surface area is 110 Å². The smallest absolute Gasteiger partial charge is 0.282 e. The SMILES string of the molecule is CC1=CCN(S(=O)(=O)N2CCCCC2CN)CC1. The average molecular weight is 273 g/mol. The second-order valence-corrected chi connectivity index (χ2v) is 7.04. The van der Waals surface area contributed by atoms with E-state index in [1.165, 1.54) is 5.57 Å². The van der Waals surface area contributed by atoms with Crippen molar-refractivity contribution in [3.63, 3.8) is 0 Å². The number of hydrogen-bond donors (Lipinski definition) is 1. The molecular weight excluding hydrogens is 250 g/mol. The van der Waals surface area contributed by atoms with Crippen molar-refractivity contribution < 1.29 is 8.42 Å².